The summed E-state index contributed by atoms with van der Waals surface area (Å²) in [6, 6.07) is 5.59. The highest BCUT2D eigenvalue weighted by molar-refractivity contribution is 5.95. The normalized spacial score (nSPS) is 18.3. The number of carbonyl (C=O) groups is 2. The largest absolute Gasteiger partial charge is 0.459 e. The van der Waals surface area contributed by atoms with Crippen molar-refractivity contribution in [1.82, 2.24) is 15.2 Å². The Morgan fingerprint density at radius 2 is 1.79 bits per heavy atom. The van der Waals surface area contributed by atoms with Crippen molar-refractivity contribution in [1.29, 1.82) is 0 Å². The second-order valence-corrected chi connectivity index (χ2v) is 7.85. The number of nitrogens with one attached hydrogen (secondary N) is 1. The highest BCUT2D eigenvalue weighted by Crippen LogP contribution is 2.20. The van der Waals surface area contributed by atoms with E-state index in [0.29, 0.717) is 37.5 Å². The van der Waals surface area contributed by atoms with Crippen LogP contribution in [0, 0.1) is 0 Å². The van der Waals surface area contributed by atoms with Gasteiger partial charge < -0.3 is 19.5 Å². The van der Waals surface area contributed by atoms with E-state index in [0.717, 1.165) is 18.5 Å². The van der Waals surface area contributed by atoms with E-state index in [-0.39, 0.29) is 17.9 Å². The summed E-state index contributed by atoms with van der Waals surface area (Å²) >= 11 is 0. The molecule has 1 aliphatic carbocycles. The zero-order valence-corrected chi connectivity index (χ0v) is 16.7. The summed E-state index contributed by atoms with van der Waals surface area (Å²) in [7, 11) is 0. The van der Waals surface area contributed by atoms with Gasteiger partial charge in [0.25, 0.3) is 11.8 Å². The van der Waals surface area contributed by atoms with Gasteiger partial charge in [0.05, 0.1) is 23.7 Å². The molecule has 0 unspecified atom stereocenters. The summed E-state index contributed by atoms with van der Waals surface area (Å²) in [4.78, 5) is 33.4. The van der Waals surface area contributed by atoms with Crippen molar-refractivity contribution in [3.63, 3.8) is 0 Å². The standard InChI is InChI=1S/C22H28N4O3/c27-21(24-18-6-3-1-2-4-7-18)17-14-19(16-23-15-17)25-9-11-26(12-10-25)22(28)20-8-5-13-29-20/h5,8,13-16,18H,1-4,6-7,9-12H2,(H,24,27). The van der Waals surface area contributed by atoms with Crippen molar-refractivity contribution in [2.24, 2.45) is 0 Å². The van der Waals surface area contributed by atoms with Gasteiger partial charge in [-0.1, -0.05) is 25.7 Å². The van der Waals surface area contributed by atoms with Crippen LogP contribution in [0.2, 0.25) is 0 Å². The molecule has 3 heterocycles. The highest BCUT2D eigenvalue weighted by Gasteiger charge is 2.24. The number of hydrogen-bond donors (Lipinski definition) is 1. The van der Waals surface area contributed by atoms with Gasteiger partial charge in [0.2, 0.25) is 0 Å². The van der Waals surface area contributed by atoms with E-state index in [2.05, 4.69) is 15.2 Å². The van der Waals surface area contributed by atoms with Crippen LogP contribution in [0.1, 0.15) is 59.4 Å². The van der Waals surface area contributed by atoms with Gasteiger partial charge in [-0.15, -0.1) is 0 Å². The zero-order valence-electron chi connectivity index (χ0n) is 16.7. The average Bonchev–Trinajstić information content (AvgIpc) is 3.19. The molecule has 1 saturated carbocycles. The zero-order chi connectivity index (χ0) is 20.1. The van der Waals surface area contributed by atoms with E-state index in [1.54, 1.807) is 29.4 Å². The topological polar surface area (TPSA) is 78.7 Å². The van der Waals surface area contributed by atoms with E-state index in [1.165, 1.54) is 31.9 Å². The van der Waals surface area contributed by atoms with Crippen molar-refractivity contribution in [2.45, 2.75) is 44.6 Å². The number of furan rings is 1. The molecule has 2 aromatic rings. The molecule has 154 valence electrons. The molecule has 2 aromatic heterocycles. The maximum Gasteiger partial charge on any atom is 0.289 e. The second kappa shape index (κ2) is 9.11. The van der Waals surface area contributed by atoms with Crippen LogP contribution in [-0.2, 0) is 0 Å². The van der Waals surface area contributed by atoms with Crippen LogP contribution in [0.15, 0.2) is 41.3 Å². The quantitative estimate of drug-likeness (QED) is 0.804. The summed E-state index contributed by atoms with van der Waals surface area (Å²) in [6.07, 6.45) is 11.9. The molecule has 7 nitrogen and oxygen atoms in total. The van der Waals surface area contributed by atoms with E-state index >= 15 is 0 Å². The Kier molecular flexibility index (Phi) is 6.12. The molecule has 0 radical (unpaired) electrons. The molecule has 0 atom stereocenters. The van der Waals surface area contributed by atoms with Crippen LogP contribution < -0.4 is 10.2 Å². The highest BCUT2D eigenvalue weighted by atomic mass is 16.3. The lowest BCUT2D eigenvalue weighted by molar-refractivity contribution is 0.0714. The first-order chi connectivity index (χ1) is 14.2. The molecule has 2 fully saturated rings. The molecular formula is C22H28N4O3. The summed E-state index contributed by atoms with van der Waals surface area (Å²) in [5.74, 6) is 0.250. The third-order valence-corrected chi connectivity index (χ3v) is 5.84. The molecule has 1 saturated heterocycles. The van der Waals surface area contributed by atoms with E-state index in [9.17, 15) is 9.59 Å². The number of anilines is 1. The first-order valence-electron chi connectivity index (χ1n) is 10.5. The van der Waals surface area contributed by atoms with Gasteiger partial charge in [-0.3, -0.25) is 14.6 Å². The van der Waals surface area contributed by atoms with Crippen LogP contribution >= 0.6 is 0 Å². The maximum absolute atomic E-state index is 12.7. The minimum atomic E-state index is -0.0793. The van der Waals surface area contributed by atoms with Crippen LogP contribution in [0.4, 0.5) is 5.69 Å². The number of carbonyl (C=O) groups excluding carboxylic acids is 2. The van der Waals surface area contributed by atoms with Gasteiger partial charge in [0, 0.05) is 38.4 Å². The van der Waals surface area contributed by atoms with Crippen molar-refractivity contribution < 1.29 is 14.0 Å². The number of piperazine rings is 1. The van der Waals surface area contributed by atoms with Crippen LogP contribution in [0.5, 0.6) is 0 Å². The molecule has 1 aliphatic heterocycles. The third-order valence-electron chi connectivity index (χ3n) is 5.84. The van der Waals surface area contributed by atoms with Gasteiger partial charge in [0.1, 0.15) is 0 Å². The number of rotatable bonds is 4. The molecule has 4 rings (SSSR count). The smallest absolute Gasteiger partial charge is 0.289 e. The third kappa shape index (κ3) is 4.78. The lowest BCUT2D eigenvalue weighted by Crippen LogP contribution is -2.48. The predicted molar refractivity (Wildman–Crippen MR) is 110 cm³/mol. The van der Waals surface area contributed by atoms with Gasteiger partial charge in [-0.25, -0.2) is 0 Å². The molecule has 1 N–H and O–H groups in total. The van der Waals surface area contributed by atoms with Gasteiger partial charge >= 0.3 is 0 Å². The SMILES string of the molecule is O=C(NC1CCCCCC1)c1cncc(N2CCN(C(=O)c3ccco3)CC2)c1. The molecule has 0 aromatic carbocycles. The van der Waals surface area contributed by atoms with E-state index in [1.807, 2.05) is 6.07 Å². The number of hydrogen-bond acceptors (Lipinski definition) is 5. The fourth-order valence-electron chi connectivity index (χ4n) is 4.14. The first-order valence-corrected chi connectivity index (χ1v) is 10.5. The van der Waals surface area contributed by atoms with Crippen LogP contribution in [-0.4, -0.2) is 53.9 Å². The molecule has 2 aliphatic rings. The Balaban J connectivity index is 1.35. The van der Waals surface area contributed by atoms with Gasteiger partial charge in [-0.05, 0) is 31.0 Å². The average molecular weight is 396 g/mol. The van der Waals surface area contributed by atoms with Gasteiger partial charge in [0.15, 0.2) is 5.76 Å². The Morgan fingerprint density at radius 1 is 1.03 bits per heavy atom. The van der Waals surface area contributed by atoms with Gasteiger partial charge in [-0.2, -0.15) is 0 Å². The summed E-state index contributed by atoms with van der Waals surface area (Å²) in [6.45, 7) is 2.61. The fraction of sp³-hybridized carbons (Fsp3) is 0.500. The summed E-state index contributed by atoms with van der Waals surface area (Å²) < 4.78 is 5.21. The Bertz CT molecular complexity index is 820. The second-order valence-electron chi connectivity index (χ2n) is 7.85. The minimum absolute atomic E-state index is 0.0436. The monoisotopic (exact) mass is 396 g/mol. The minimum Gasteiger partial charge on any atom is -0.459 e. The number of nitrogens with zero attached hydrogens (tertiary/aromatic N) is 3. The van der Waals surface area contributed by atoms with Crippen molar-refractivity contribution in [2.75, 3.05) is 31.1 Å². The fourth-order valence-corrected chi connectivity index (χ4v) is 4.14. The van der Waals surface area contributed by atoms with E-state index < -0.39 is 0 Å². The van der Waals surface area contributed by atoms with Crippen molar-refractivity contribution in [3.05, 3.63) is 48.2 Å². The first kappa shape index (κ1) is 19.5. The molecule has 0 spiro atoms. The lowest BCUT2D eigenvalue weighted by atomic mass is 10.1. The summed E-state index contributed by atoms with van der Waals surface area (Å²) in [5.41, 5.74) is 1.52. The van der Waals surface area contributed by atoms with Crippen molar-refractivity contribution in [3.8, 4) is 0 Å². The summed E-state index contributed by atoms with van der Waals surface area (Å²) in [5, 5.41) is 3.18. The van der Waals surface area contributed by atoms with Crippen LogP contribution in [0.3, 0.4) is 0 Å². The Hall–Kier alpha value is -2.83. The Morgan fingerprint density at radius 3 is 2.48 bits per heavy atom. The molecule has 0 bridgehead atoms. The van der Waals surface area contributed by atoms with Crippen LogP contribution in [0.25, 0.3) is 0 Å². The molecule has 29 heavy (non-hydrogen) atoms. The Labute approximate surface area is 171 Å². The molecule has 2 amide bonds. The predicted octanol–water partition coefficient (Wildman–Crippen LogP) is 3.09. The van der Waals surface area contributed by atoms with Crippen molar-refractivity contribution >= 4 is 17.5 Å². The van der Waals surface area contributed by atoms with E-state index in [4.69, 9.17) is 4.42 Å². The number of pyridine rings is 1. The lowest BCUT2D eigenvalue weighted by Gasteiger charge is -2.35. The number of aromatic nitrogens is 1. The molecular weight excluding hydrogens is 368 g/mol. The molecule has 7 heteroatoms. The number of amides is 2. The maximum atomic E-state index is 12.7.